The molecule has 4 heteroatoms. The second-order valence-electron chi connectivity index (χ2n) is 4.63. The van der Waals surface area contributed by atoms with Gasteiger partial charge in [0.15, 0.2) is 0 Å². The first-order valence-electron chi connectivity index (χ1n) is 5.84. The van der Waals surface area contributed by atoms with Gasteiger partial charge in [0.2, 0.25) is 5.91 Å². The predicted octanol–water partition coefficient (Wildman–Crippen LogP) is 2.52. The van der Waals surface area contributed by atoms with Crippen molar-refractivity contribution in [1.82, 2.24) is 0 Å². The molecular formula is C13H17BrN2O. The van der Waals surface area contributed by atoms with Crippen molar-refractivity contribution in [3.05, 3.63) is 27.7 Å². The van der Waals surface area contributed by atoms with Crippen molar-refractivity contribution < 1.29 is 4.79 Å². The molecule has 1 fully saturated rings. The van der Waals surface area contributed by atoms with Gasteiger partial charge in [-0.15, -0.1) is 0 Å². The van der Waals surface area contributed by atoms with Crippen LogP contribution in [0.5, 0.6) is 0 Å². The number of halogens is 1. The highest BCUT2D eigenvalue weighted by Gasteiger charge is 2.28. The highest BCUT2D eigenvalue weighted by molar-refractivity contribution is 9.10. The van der Waals surface area contributed by atoms with Crippen LogP contribution in [0.2, 0.25) is 0 Å². The lowest BCUT2D eigenvalue weighted by Gasteiger charge is -2.32. The fourth-order valence-corrected chi connectivity index (χ4v) is 3.14. The van der Waals surface area contributed by atoms with Crippen LogP contribution in [0.4, 0.5) is 5.69 Å². The number of amides is 1. The number of piperidine rings is 1. The standard InChI is InChI=1S/C13H17BrN2O/c1-8-6-10(14)7-9(2)12(8)16-5-3-4-11(15)13(16)17/h6-7,11H,3-5,15H2,1-2H3. The Morgan fingerprint density at radius 2 is 1.94 bits per heavy atom. The van der Waals surface area contributed by atoms with E-state index in [4.69, 9.17) is 5.73 Å². The number of rotatable bonds is 1. The van der Waals surface area contributed by atoms with Gasteiger partial charge >= 0.3 is 0 Å². The van der Waals surface area contributed by atoms with Crippen LogP contribution >= 0.6 is 15.9 Å². The summed E-state index contributed by atoms with van der Waals surface area (Å²) in [6, 6.07) is 3.73. The molecule has 3 nitrogen and oxygen atoms in total. The Balaban J connectivity index is 2.43. The van der Waals surface area contributed by atoms with E-state index in [-0.39, 0.29) is 11.9 Å². The van der Waals surface area contributed by atoms with E-state index in [0.717, 1.165) is 40.7 Å². The lowest BCUT2D eigenvalue weighted by Crippen LogP contribution is -2.49. The Labute approximate surface area is 110 Å². The van der Waals surface area contributed by atoms with E-state index in [0.29, 0.717) is 0 Å². The van der Waals surface area contributed by atoms with E-state index in [2.05, 4.69) is 15.9 Å². The van der Waals surface area contributed by atoms with E-state index in [1.165, 1.54) is 0 Å². The molecule has 0 aliphatic carbocycles. The third-order valence-electron chi connectivity index (χ3n) is 3.21. The van der Waals surface area contributed by atoms with Crippen LogP contribution < -0.4 is 10.6 Å². The van der Waals surface area contributed by atoms with E-state index < -0.39 is 0 Å². The summed E-state index contributed by atoms with van der Waals surface area (Å²) >= 11 is 3.47. The molecule has 1 aliphatic rings. The van der Waals surface area contributed by atoms with Crippen LogP contribution in [-0.4, -0.2) is 18.5 Å². The number of carbonyl (C=O) groups is 1. The number of benzene rings is 1. The van der Waals surface area contributed by atoms with Gasteiger partial charge in [0.05, 0.1) is 6.04 Å². The van der Waals surface area contributed by atoms with Crippen LogP contribution in [0, 0.1) is 13.8 Å². The quantitative estimate of drug-likeness (QED) is 0.866. The molecule has 1 atom stereocenters. The first-order valence-corrected chi connectivity index (χ1v) is 6.63. The van der Waals surface area contributed by atoms with E-state index >= 15 is 0 Å². The minimum Gasteiger partial charge on any atom is -0.320 e. The summed E-state index contributed by atoms with van der Waals surface area (Å²) in [7, 11) is 0. The fourth-order valence-electron chi connectivity index (χ4n) is 2.45. The highest BCUT2D eigenvalue weighted by atomic mass is 79.9. The highest BCUT2D eigenvalue weighted by Crippen LogP contribution is 2.30. The van der Waals surface area contributed by atoms with Gasteiger partial charge in [-0.2, -0.15) is 0 Å². The average molecular weight is 297 g/mol. The summed E-state index contributed by atoms with van der Waals surface area (Å²) in [5.41, 5.74) is 9.08. The number of hydrogen-bond donors (Lipinski definition) is 1. The number of carbonyl (C=O) groups excluding carboxylic acids is 1. The molecular weight excluding hydrogens is 280 g/mol. The molecule has 0 saturated carbocycles. The molecule has 1 amide bonds. The van der Waals surface area contributed by atoms with Gasteiger partial charge in [0.25, 0.3) is 0 Å². The second kappa shape index (κ2) is 4.78. The Morgan fingerprint density at radius 3 is 2.53 bits per heavy atom. The molecule has 1 heterocycles. The maximum absolute atomic E-state index is 12.1. The summed E-state index contributed by atoms with van der Waals surface area (Å²) in [4.78, 5) is 13.9. The van der Waals surface area contributed by atoms with Gasteiger partial charge in [0, 0.05) is 16.7 Å². The zero-order chi connectivity index (χ0) is 12.6. The van der Waals surface area contributed by atoms with Crippen molar-refractivity contribution in [2.45, 2.75) is 32.7 Å². The van der Waals surface area contributed by atoms with Crippen LogP contribution in [0.3, 0.4) is 0 Å². The van der Waals surface area contributed by atoms with Gasteiger partial charge < -0.3 is 10.6 Å². The molecule has 1 aliphatic heterocycles. The van der Waals surface area contributed by atoms with Crippen LogP contribution in [0.25, 0.3) is 0 Å². The van der Waals surface area contributed by atoms with Crippen molar-refractivity contribution in [3.8, 4) is 0 Å². The van der Waals surface area contributed by atoms with Gasteiger partial charge in [-0.3, -0.25) is 4.79 Å². The number of nitrogens with zero attached hydrogens (tertiary/aromatic N) is 1. The molecule has 1 unspecified atom stereocenters. The molecule has 2 N–H and O–H groups in total. The number of anilines is 1. The molecule has 2 rings (SSSR count). The predicted molar refractivity (Wildman–Crippen MR) is 73.2 cm³/mol. The molecule has 92 valence electrons. The van der Waals surface area contributed by atoms with E-state index in [1.54, 1.807) is 0 Å². The lowest BCUT2D eigenvalue weighted by molar-refractivity contribution is -0.120. The van der Waals surface area contributed by atoms with Crippen molar-refractivity contribution in [3.63, 3.8) is 0 Å². The summed E-state index contributed by atoms with van der Waals surface area (Å²) in [6.45, 7) is 4.83. The lowest BCUT2D eigenvalue weighted by atomic mass is 10.0. The van der Waals surface area contributed by atoms with Crippen molar-refractivity contribution >= 4 is 27.5 Å². The van der Waals surface area contributed by atoms with Crippen molar-refractivity contribution in [2.24, 2.45) is 5.73 Å². The minimum atomic E-state index is -0.341. The molecule has 1 aromatic carbocycles. The summed E-state index contributed by atoms with van der Waals surface area (Å²) in [6.07, 6.45) is 1.77. The minimum absolute atomic E-state index is 0.0461. The maximum atomic E-state index is 12.1. The van der Waals surface area contributed by atoms with Gasteiger partial charge in [0.1, 0.15) is 0 Å². The van der Waals surface area contributed by atoms with E-state index in [9.17, 15) is 4.79 Å². The third-order valence-corrected chi connectivity index (χ3v) is 3.66. The SMILES string of the molecule is Cc1cc(Br)cc(C)c1N1CCCC(N)C1=O. The largest absolute Gasteiger partial charge is 0.320 e. The molecule has 1 aromatic rings. The first kappa shape index (κ1) is 12.6. The normalized spacial score (nSPS) is 20.8. The number of hydrogen-bond acceptors (Lipinski definition) is 2. The first-order chi connectivity index (χ1) is 8.00. The van der Waals surface area contributed by atoms with Crippen LogP contribution in [-0.2, 0) is 4.79 Å². The van der Waals surface area contributed by atoms with Crippen LogP contribution in [0.1, 0.15) is 24.0 Å². The van der Waals surface area contributed by atoms with Crippen molar-refractivity contribution in [2.75, 3.05) is 11.4 Å². The number of nitrogens with two attached hydrogens (primary N) is 1. The topological polar surface area (TPSA) is 46.3 Å². The molecule has 0 radical (unpaired) electrons. The molecule has 0 bridgehead atoms. The molecule has 0 aromatic heterocycles. The second-order valence-corrected chi connectivity index (χ2v) is 5.54. The zero-order valence-corrected chi connectivity index (χ0v) is 11.8. The smallest absolute Gasteiger partial charge is 0.243 e. The van der Waals surface area contributed by atoms with E-state index in [1.807, 2.05) is 30.9 Å². The Bertz CT molecular complexity index is 436. The summed E-state index contributed by atoms with van der Waals surface area (Å²) in [5, 5.41) is 0. The average Bonchev–Trinajstić information content (AvgIpc) is 2.23. The maximum Gasteiger partial charge on any atom is 0.243 e. The third kappa shape index (κ3) is 2.38. The zero-order valence-electron chi connectivity index (χ0n) is 10.2. The van der Waals surface area contributed by atoms with Crippen molar-refractivity contribution in [1.29, 1.82) is 0 Å². The Hall–Kier alpha value is -0.870. The molecule has 17 heavy (non-hydrogen) atoms. The Kier molecular flexibility index (Phi) is 3.54. The number of aryl methyl sites for hydroxylation is 2. The monoisotopic (exact) mass is 296 g/mol. The fraction of sp³-hybridized carbons (Fsp3) is 0.462. The van der Waals surface area contributed by atoms with Gasteiger partial charge in [-0.25, -0.2) is 0 Å². The summed E-state index contributed by atoms with van der Waals surface area (Å²) < 4.78 is 1.05. The molecule has 0 spiro atoms. The summed E-state index contributed by atoms with van der Waals surface area (Å²) in [5.74, 6) is 0.0461. The van der Waals surface area contributed by atoms with Crippen LogP contribution in [0.15, 0.2) is 16.6 Å². The molecule has 1 saturated heterocycles. The van der Waals surface area contributed by atoms with Gasteiger partial charge in [-0.05, 0) is 49.9 Å². The Morgan fingerprint density at radius 1 is 1.35 bits per heavy atom. The van der Waals surface area contributed by atoms with Gasteiger partial charge in [-0.1, -0.05) is 15.9 Å².